The lowest BCUT2D eigenvalue weighted by Gasteiger charge is -2.22. The van der Waals surface area contributed by atoms with Gasteiger partial charge in [-0.15, -0.1) is 24.0 Å². The summed E-state index contributed by atoms with van der Waals surface area (Å²) in [5, 5.41) is 3.37. The molecule has 136 valence electrons. The number of guanidine groups is 1. The minimum Gasteiger partial charge on any atom is -0.492 e. The fourth-order valence-corrected chi connectivity index (χ4v) is 2.27. The van der Waals surface area contributed by atoms with E-state index in [1.165, 1.54) is 5.56 Å². The second-order valence-corrected chi connectivity index (χ2v) is 5.61. The van der Waals surface area contributed by atoms with Gasteiger partial charge in [0.2, 0.25) is 0 Å². The first-order valence-corrected chi connectivity index (χ1v) is 8.20. The van der Waals surface area contributed by atoms with Gasteiger partial charge in [-0.25, -0.2) is 0 Å². The summed E-state index contributed by atoms with van der Waals surface area (Å²) in [6, 6.07) is 14.0. The van der Waals surface area contributed by atoms with Crippen molar-refractivity contribution in [3.8, 4) is 5.75 Å². The monoisotopic (exact) mass is 454 g/mol. The van der Waals surface area contributed by atoms with Crippen LogP contribution in [0.4, 0.5) is 0 Å². The Morgan fingerprint density at radius 1 is 1.20 bits per heavy atom. The van der Waals surface area contributed by atoms with Crippen molar-refractivity contribution in [3.05, 3.63) is 59.9 Å². The molecule has 1 aromatic heterocycles. The number of halogens is 1. The number of aromatic nitrogens is 1. The predicted molar refractivity (Wildman–Crippen MR) is 114 cm³/mol. The molecule has 5 nitrogen and oxygen atoms in total. The van der Waals surface area contributed by atoms with Crippen LogP contribution in [0, 0.1) is 6.92 Å². The van der Waals surface area contributed by atoms with Gasteiger partial charge in [-0.1, -0.05) is 24.3 Å². The normalized spacial score (nSPS) is 10.8. The third kappa shape index (κ3) is 7.72. The number of nitrogens with one attached hydrogen (secondary N) is 1. The average Bonchev–Trinajstić information content (AvgIpc) is 2.61. The largest absolute Gasteiger partial charge is 0.492 e. The van der Waals surface area contributed by atoms with Gasteiger partial charge in [0, 0.05) is 32.5 Å². The zero-order valence-electron chi connectivity index (χ0n) is 15.1. The Balaban J connectivity index is 0.00000312. The molecule has 0 spiro atoms. The smallest absolute Gasteiger partial charge is 0.193 e. The van der Waals surface area contributed by atoms with E-state index < -0.39 is 0 Å². The summed E-state index contributed by atoms with van der Waals surface area (Å²) in [7, 11) is 3.81. The average molecular weight is 454 g/mol. The van der Waals surface area contributed by atoms with E-state index in [0.717, 1.165) is 36.9 Å². The first-order chi connectivity index (χ1) is 11.7. The van der Waals surface area contributed by atoms with Crippen LogP contribution in [-0.2, 0) is 6.42 Å². The number of hydrogen-bond acceptors (Lipinski definition) is 3. The minimum absolute atomic E-state index is 0. The van der Waals surface area contributed by atoms with Gasteiger partial charge in [0.1, 0.15) is 12.4 Å². The van der Waals surface area contributed by atoms with E-state index in [1.54, 1.807) is 7.05 Å². The zero-order valence-corrected chi connectivity index (χ0v) is 17.4. The number of nitrogens with zero attached hydrogens (tertiary/aromatic N) is 3. The molecular formula is C19H27IN4O. The van der Waals surface area contributed by atoms with Gasteiger partial charge in [0.05, 0.1) is 6.54 Å². The molecule has 1 aromatic carbocycles. The third-order valence-electron chi connectivity index (χ3n) is 3.68. The number of likely N-dealkylation sites (N-methyl/N-ethyl adjacent to an activating group) is 1. The number of pyridine rings is 1. The number of aryl methyl sites for hydroxylation is 1. The molecule has 0 aliphatic rings. The lowest BCUT2D eigenvalue weighted by atomic mass is 10.2. The Morgan fingerprint density at radius 3 is 2.60 bits per heavy atom. The molecule has 0 bridgehead atoms. The fraction of sp³-hybridized carbons (Fsp3) is 0.368. The number of para-hydroxylation sites is 1. The van der Waals surface area contributed by atoms with Crippen LogP contribution in [0.3, 0.4) is 0 Å². The Labute approximate surface area is 167 Å². The molecule has 0 unspecified atom stereocenters. The van der Waals surface area contributed by atoms with Crippen molar-refractivity contribution in [3.63, 3.8) is 0 Å². The highest BCUT2D eigenvalue weighted by Crippen LogP contribution is 2.07. The molecule has 0 amide bonds. The van der Waals surface area contributed by atoms with E-state index in [-0.39, 0.29) is 24.0 Å². The van der Waals surface area contributed by atoms with Crippen LogP contribution in [-0.4, -0.2) is 49.6 Å². The second-order valence-electron chi connectivity index (χ2n) is 5.61. The van der Waals surface area contributed by atoms with Gasteiger partial charge in [-0.3, -0.25) is 9.98 Å². The van der Waals surface area contributed by atoms with Crippen LogP contribution in [0.15, 0.2) is 53.7 Å². The van der Waals surface area contributed by atoms with Crippen LogP contribution in [0.25, 0.3) is 0 Å². The highest BCUT2D eigenvalue weighted by atomic mass is 127. The fourth-order valence-electron chi connectivity index (χ4n) is 2.27. The first-order valence-electron chi connectivity index (χ1n) is 8.20. The van der Waals surface area contributed by atoms with Gasteiger partial charge in [-0.05, 0) is 37.1 Å². The predicted octanol–water partition coefficient (Wildman–Crippen LogP) is 3.14. The summed E-state index contributed by atoms with van der Waals surface area (Å²) in [5.41, 5.74) is 2.26. The molecular weight excluding hydrogens is 427 g/mol. The quantitative estimate of drug-likeness (QED) is 0.397. The van der Waals surface area contributed by atoms with Crippen LogP contribution >= 0.6 is 24.0 Å². The Hall–Kier alpha value is -1.83. The van der Waals surface area contributed by atoms with E-state index in [0.29, 0.717) is 6.61 Å². The van der Waals surface area contributed by atoms with Gasteiger partial charge < -0.3 is 15.0 Å². The van der Waals surface area contributed by atoms with Crippen molar-refractivity contribution < 1.29 is 4.74 Å². The van der Waals surface area contributed by atoms with Gasteiger partial charge in [-0.2, -0.15) is 0 Å². The van der Waals surface area contributed by atoms with Crippen LogP contribution in [0.1, 0.15) is 11.3 Å². The van der Waals surface area contributed by atoms with Crippen molar-refractivity contribution in [1.82, 2.24) is 15.2 Å². The maximum atomic E-state index is 5.72. The molecule has 0 saturated carbocycles. The van der Waals surface area contributed by atoms with Gasteiger partial charge in [0.25, 0.3) is 0 Å². The highest BCUT2D eigenvalue weighted by Gasteiger charge is 2.05. The molecule has 25 heavy (non-hydrogen) atoms. The summed E-state index contributed by atoms with van der Waals surface area (Å²) in [6.45, 7) is 4.20. The summed E-state index contributed by atoms with van der Waals surface area (Å²) >= 11 is 0. The molecule has 0 saturated heterocycles. The minimum atomic E-state index is 0. The molecule has 2 rings (SSSR count). The Kier molecular flexibility index (Phi) is 9.91. The van der Waals surface area contributed by atoms with E-state index in [2.05, 4.69) is 26.3 Å². The molecule has 0 aliphatic heterocycles. The van der Waals surface area contributed by atoms with Crippen LogP contribution in [0.2, 0.25) is 0 Å². The number of hydrogen-bond donors (Lipinski definition) is 1. The van der Waals surface area contributed by atoms with Gasteiger partial charge >= 0.3 is 0 Å². The van der Waals surface area contributed by atoms with E-state index >= 15 is 0 Å². The summed E-state index contributed by atoms with van der Waals surface area (Å²) < 4.78 is 5.72. The molecule has 1 heterocycles. The summed E-state index contributed by atoms with van der Waals surface area (Å²) in [5.74, 6) is 1.76. The maximum absolute atomic E-state index is 5.72. The Morgan fingerprint density at radius 2 is 1.96 bits per heavy atom. The number of rotatable bonds is 7. The molecule has 1 N–H and O–H groups in total. The molecule has 0 atom stereocenters. The Bertz CT molecular complexity index is 632. The van der Waals surface area contributed by atoms with E-state index in [4.69, 9.17) is 4.74 Å². The molecule has 0 fully saturated rings. The SMILES string of the molecule is CN=C(NCCc1ccc(C)nc1)N(C)CCOc1ccccc1.I. The summed E-state index contributed by atoms with van der Waals surface area (Å²) in [6.07, 6.45) is 2.85. The zero-order chi connectivity index (χ0) is 17.2. The summed E-state index contributed by atoms with van der Waals surface area (Å²) in [4.78, 5) is 10.7. The lowest BCUT2D eigenvalue weighted by Crippen LogP contribution is -2.41. The standard InChI is InChI=1S/C19H26N4O.HI/c1-16-9-10-17(15-22-16)11-12-21-19(20-2)23(3)13-14-24-18-7-5-4-6-8-18;/h4-10,15H,11-14H2,1-3H3,(H,20,21);1H. The molecule has 0 radical (unpaired) electrons. The van der Waals surface area contributed by atoms with E-state index in [9.17, 15) is 0 Å². The van der Waals surface area contributed by atoms with Crippen molar-refractivity contribution in [2.24, 2.45) is 4.99 Å². The second kappa shape index (κ2) is 11.7. The highest BCUT2D eigenvalue weighted by molar-refractivity contribution is 14.0. The van der Waals surface area contributed by atoms with Crippen molar-refractivity contribution in [2.75, 3.05) is 33.8 Å². The van der Waals surface area contributed by atoms with E-state index in [1.807, 2.05) is 56.6 Å². The molecule has 0 aliphatic carbocycles. The topological polar surface area (TPSA) is 49.8 Å². The van der Waals surface area contributed by atoms with Crippen molar-refractivity contribution >= 4 is 29.9 Å². The molecule has 2 aromatic rings. The number of benzene rings is 1. The first kappa shape index (κ1) is 21.2. The number of ether oxygens (including phenoxy) is 1. The van der Waals surface area contributed by atoms with Crippen molar-refractivity contribution in [1.29, 1.82) is 0 Å². The number of aliphatic imine (C=N–C) groups is 1. The van der Waals surface area contributed by atoms with Crippen molar-refractivity contribution in [2.45, 2.75) is 13.3 Å². The maximum Gasteiger partial charge on any atom is 0.193 e. The molecule has 6 heteroatoms. The lowest BCUT2D eigenvalue weighted by molar-refractivity contribution is 0.281. The van der Waals surface area contributed by atoms with Gasteiger partial charge in [0.15, 0.2) is 5.96 Å². The third-order valence-corrected chi connectivity index (χ3v) is 3.68. The van der Waals surface area contributed by atoms with Crippen LogP contribution in [0.5, 0.6) is 5.75 Å². The van der Waals surface area contributed by atoms with Crippen LogP contribution < -0.4 is 10.1 Å².